The minimum Gasteiger partial charge on any atom is -0.452 e. The first-order valence-corrected chi connectivity index (χ1v) is 8.89. The van der Waals surface area contributed by atoms with Gasteiger partial charge in [-0.3, -0.25) is 4.79 Å². The zero-order valence-electron chi connectivity index (χ0n) is 14.1. The second-order valence-electron chi connectivity index (χ2n) is 5.44. The van der Waals surface area contributed by atoms with E-state index in [4.69, 9.17) is 4.74 Å². The molecule has 2 aromatic carbocycles. The molecular formula is C17H17FN2O5S. The highest BCUT2D eigenvalue weighted by atomic mass is 32.2. The smallest absolute Gasteiger partial charge is 0.338 e. The Labute approximate surface area is 150 Å². The van der Waals surface area contributed by atoms with Gasteiger partial charge in [0.25, 0.3) is 5.91 Å². The number of amides is 1. The largest absolute Gasteiger partial charge is 0.452 e. The van der Waals surface area contributed by atoms with Gasteiger partial charge in [0.1, 0.15) is 5.82 Å². The van der Waals surface area contributed by atoms with E-state index in [1.165, 1.54) is 50.5 Å². The fourth-order valence-electron chi connectivity index (χ4n) is 1.92. The van der Waals surface area contributed by atoms with Crippen LogP contribution in [-0.2, 0) is 19.6 Å². The lowest BCUT2D eigenvalue weighted by atomic mass is 10.2. The average Bonchev–Trinajstić information content (AvgIpc) is 2.60. The van der Waals surface area contributed by atoms with E-state index in [9.17, 15) is 22.4 Å². The maximum Gasteiger partial charge on any atom is 0.338 e. The van der Waals surface area contributed by atoms with E-state index in [1.807, 2.05) is 0 Å². The minimum atomic E-state index is -3.55. The molecule has 0 saturated heterocycles. The van der Waals surface area contributed by atoms with Crippen molar-refractivity contribution in [2.24, 2.45) is 0 Å². The van der Waals surface area contributed by atoms with Crippen LogP contribution in [0.15, 0.2) is 53.4 Å². The Morgan fingerprint density at radius 1 is 1.04 bits per heavy atom. The molecule has 0 fully saturated rings. The number of halogens is 1. The molecule has 0 aliphatic rings. The van der Waals surface area contributed by atoms with Crippen LogP contribution in [0, 0.1) is 5.82 Å². The number of nitrogens with zero attached hydrogens (tertiary/aromatic N) is 1. The van der Waals surface area contributed by atoms with Crippen molar-refractivity contribution in [3.05, 3.63) is 59.9 Å². The van der Waals surface area contributed by atoms with Crippen molar-refractivity contribution in [2.45, 2.75) is 4.90 Å². The van der Waals surface area contributed by atoms with Gasteiger partial charge >= 0.3 is 5.97 Å². The Kier molecular flexibility index (Phi) is 6.06. The third kappa shape index (κ3) is 4.87. The summed E-state index contributed by atoms with van der Waals surface area (Å²) in [5.74, 6) is -1.84. The molecule has 0 aliphatic heterocycles. The van der Waals surface area contributed by atoms with Crippen molar-refractivity contribution in [1.29, 1.82) is 0 Å². The van der Waals surface area contributed by atoms with Crippen molar-refractivity contribution in [1.82, 2.24) is 4.31 Å². The lowest BCUT2D eigenvalue weighted by Crippen LogP contribution is -2.22. The van der Waals surface area contributed by atoms with Gasteiger partial charge in [0.2, 0.25) is 10.0 Å². The molecule has 1 amide bonds. The van der Waals surface area contributed by atoms with E-state index < -0.39 is 34.3 Å². The lowest BCUT2D eigenvalue weighted by Gasteiger charge is -2.12. The number of rotatable bonds is 6. The topological polar surface area (TPSA) is 92.8 Å². The molecule has 0 spiro atoms. The van der Waals surface area contributed by atoms with E-state index in [0.717, 1.165) is 16.4 Å². The molecule has 9 heteroatoms. The molecule has 0 aliphatic carbocycles. The molecule has 0 heterocycles. The molecule has 26 heavy (non-hydrogen) atoms. The summed E-state index contributed by atoms with van der Waals surface area (Å²) < 4.78 is 42.6. The summed E-state index contributed by atoms with van der Waals surface area (Å²) >= 11 is 0. The van der Waals surface area contributed by atoms with Crippen LogP contribution in [0.2, 0.25) is 0 Å². The lowest BCUT2D eigenvalue weighted by molar-refractivity contribution is -0.119. The molecule has 0 bridgehead atoms. The van der Waals surface area contributed by atoms with Gasteiger partial charge < -0.3 is 10.1 Å². The molecule has 7 nitrogen and oxygen atoms in total. The number of hydrogen-bond donors (Lipinski definition) is 1. The van der Waals surface area contributed by atoms with Gasteiger partial charge in [-0.15, -0.1) is 0 Å². The normalized spacial score (nSPS) is 11.2. The Hall–Kier alpha value is -2.78. The molecule has 2 rings (SSSR count). The molecule has 1 N–H and O–H groups in total. The number of benzene rings is 2. The summed E-state index contributed by atoms with van der Waals surface area (Å²) in [5.41, 5.74) is 0.475. The van der Waals surface area contributed by atoms with Crippen molar-refractivity contribution in [3.8, 4) is 0 Å². The SMILES string of the molecule is CN(C)S(=O)(=O)c1ccc(NC(=O)COC(=O)c2ccc(F)cc2)cc1. The van der Waals surface area contributed by atoms with Crippen LogP contribution in [0.3, 0.4) is 0 Å². The highest BCUT2D eigenvalue weighted by Gasteiger charge is 2.17. The van der Waals surface area contributed by atoms with Crippen molar-refractivity contribution in [3.63, 3.8) is 0 Å². The van der Waals surface area contributed by atoms with Crippen LogP contribution in [0.5, 0.6) is 0 Å². The highest BCUT2D eigenvalue weighted by molar-refractivity contribution is 7.89. The molecular weight excluding hydrogens is 363 g/mol. The maximum atomic E-state index is 12.8. The summed E-state index contributed by atoms with van der Waals surface area (Å²) in [6.45, 7) is -0.534. The van der Waals surface area contributed by atoms with Crippen LogP contribution in [0.4, 0.5) is 10.1 Å². The van der Waals surface area contributed by atoms with Gasteiger partial charge in [-0.05, 0) is 48.5 Å². The third-order valence-corrected chi connectivity index (χ3v) is 5.16. The van der Waals surface area contributed by atoms with Gasteiger partial charge in [0.05, 0.1) is 10.5 Å². The number of carbonyl (C=O) groups excluding carboxylic acids is 2. The second kappa shape index (κ2) is 8.07. The maximum absolute atomic E-state index is 12.8. The van der Waals surface area contributed by atoms with Crippen LogP contribution in [0.25, 0.3) is 0 Å². The molecule has 0 atom stereocenters. The number of carbonyl (C=O) groups is 2. The zero-order valence-corrected chi connectivity index (χ0v) is 14.9. The minimum absolute atomic E-state index is 0.0863. The first kappa shape index (κ1) is 19.5. The number of hydrogen-bond acceptors (Lipinski definition) is 5. The van der Waals surface area contributed by atoms with E-state index >= 15 is 0 Å². The quantitative estimate of drug-likeness (QED) is 0.773. The number of ether oxygens (including phenoxy) is 1. The predicted molar refractivity (Wildman–Crippen MR) is 92.6 cm³/mol. The van der Waals surface area contributed by atoms with Gasteiger partial charge in [0, 0.05) is 19.8 Å². The van der Waals surface area contributed by atoms with E-state index in [2.05, 4.69) is 5.32 Å². The monoisotopic (exact) mass is 380 g/mol. The van der Waals surface area contributed by atoms with Crippen LogP contribution < -0.4 is 5.32 Å². The zero-order chi connectivity index (χ0) is 19.3. The van der Waals surface area contributed by atoms with Crippen LogP contribution >= 0.6 is 0 Å². The fourth-order valence-corrected chi connectivity index (χ4v) is 2.82. The average molecular weight is 380 g/mol. The predicted octanol–water partition coefficient (Wildman–Crippen LogP) is 1.87. The van der Waals surface area contributed by atoms with Gasteiger partial charge in [-0.2, -0.15) is 0 Å². The molecule has 138 valence electrons. The van der Waals surface area contributed by atoms with Crippen molar-refractivity contribution in [2.75, 3.05) is 26.0 Å². The Morgan fingerprint density at radius 2 is 1.62 bits per heavy atom. The second-order valence-corrected chi connectivity index (χ2v) is 7.59. The third-order valence-electron chi connectivity index (χ3n) is 3.33. The van der Waals surface area contributed by atoms with Gasteiger partial charge in [-0.1, -0.05) is 0 Å². The summed E-state index contributed by atoms with van der Waals surface area (Å²) in [4.78, 5) is 23.6. The molecule has 0 radical (unpaired) electrons. The van der Waals surface area contributed by atoms with Gasteiger partial charge in [0.15, 0.2) is 6.61 Å². The summed E-state index contributed by atoms with van der Waals surface area (Å²) in [6.07, 6.45) is 0. The molecule has 0 saturated carbocycles. The number of anilines is 1. The molecule has 0 unspecified atom stereocenters. The Morgan fingerprint density at radius 3 is 2.15 bits per heavy atom. The van der Waals surface area contributed by atoms with Crippen molar-refractivity contribution < 1.29 is 27.1 Å². The Bertz CT molecular complexity index is 894. The fraction of sp³-hybridized carbons (Fsp3) is 0.176. The summed E-state index contributed by atoms with van der Waals surface area (Å²) in [6, 6.07) is 10.3. The molecule has 0 aromatic heterocycles. The van der Waals surface area contributed by atoms with E-state index in [-0.39, 0.29) is 10.5 Å². The highest BCUT2D eigenvalue weighted by Crippen LogP contribution is 2.16. The van der Waals surface area contributed by atoms with E-state index in [1.54, 1.807) is 0 Å². The summed E-state index contributed by atoms with van der Waals surface area (Å²) in [5, 5.41) is 2.48. The number of esters is 1. The first-order valence-electron chi connectivity index (χ1n) is 7.45. The van der Waals surface area contributed by atoms with E-state index in [0.29, 0.717) is 5.69 Å². The van der Waals surface area contributed by atoms with Crippen LogP contribution in [0.1, 0.15) is 10.4 Å². The number of sulfonamides is 1. The first-order chi connectivity index (χ1) is 12.2. The molecule has 2 aromatic rings. The van der Waals surface area contributed by atoms with Gasteiger partial charge in [-0.25, -0.2) is 21.9 Å². The standard InChI is InChI=1S/C17H17FN2O5S/c1-20(2)26(23,24)15-9-7-14(8-10-15)19-16(21)11-25-17(22)12-3-5-13(18)6-4-12/h3-10H,11H2,1-2H3,(H,19,21). The Balaban J connectivity index is 1.91. The van der Waals surface area contributed by atoms with Crippen LogP contribution in [-0.4, -0.2) is 45.3 Å². The number of nitrogens with one attached hydrogen (secondary N) is 1. The van der Waals surface area contributed by atoms with Crippen molar-refractivity contribution >= 4 is 27.6 Å². The summed E-state index contributed by atoms with van der Waals surface area (Å²) in [7, 11) is -0.718.